The average Bonchev–Trinajstić information content (AvgIpc) is 3.34. The Balaban J connectivity index is 1.92. The molecular weight excluding hydrogens is 493 g/mol. The molecule has 10 nitrogen and oxygen atoms in total. The number of rotatable bonds is 11. The van der Waals surface area contributed by atoms with Gasteiger partial charge in [-0.2, -0.15) is 0 Å². The zero-order chi connectivity index (χ0) is 27.9. The summed E-state index contributed by atoms with van der Waals surface area (Å²) in [6.07, 6.45) is 1.52. The molecule has 2 amide bonds. The number of pyridine rings is 1. The van der Waals surface area contributed by atoms with Gasteiger partial charge in [-0.25, -0.2) is 14.2 Å². The number of benzene rings is 1. The molecule has 0 bridgehead atoms. The zero-order valence-corrected chi connectivity index (χ0v) is 21.8. The van der Waals surface area contributed by atoms with E-state index in [0.717, 1.165) is 4.90 Å². The molecule has 0 radical (unpaired) electrons. The third kappa shape index (κ3) is 7.21. The molecule has 3 rings (SSSR count). The van der Waals surface area contributed by atoms with Gasteiger partial charge in [0.1, 0.15) is 17.7 Å². The highest BCUT2D eigenvalue weighted by Gasteiger charge is 2.43. The summed E-state index contributed by atoms with van der Waals surface area (Å²) in [5.74, 6) is -1.74. The first-order valence-electron chi connectivity index (χ1n) is 12.4. The highest BCUT2D eigenvalue weighted by atomic mass is 19.1. The maximum Gasteiger partial charge on any atom is 0.408 e. The number of aromatic nitrogens is 3. The minimum Gasteiger partial charge on any atom is -0.465 e. The first kappa shape index (κ1) is 28.4. The largest absolute Gasteiger partial charge is 0.465 e. The van der Waals surface area contributed by atoms with Crippen molar-refractivity contribution in [3.05, 3.63) is 60.4 Å². The minimum absolute atomic E-state index is 0.00175. The summed E-state index contributed by atoms with van der Waals surface area (Å²) in [6, 6.07) is 8.36. The zero-order valence-electron chi connectivity index (χ0n) is 21.8. The van der Waals surface area contributed by atoms with Gasteiger partial charge in [0.25, 0.3) is 5.91 Å². The van der Waals surface area contributed by atoms with Crippen LogP contribution in [0.3, 0.4) is 0 Å². The Morgan fingerprint density at radius 1 is 1.11 bits per heavy atom. The van der Waals surface area contributed by atoms with Crippen LogP contribution in [0.25, 0.3) is 11.5 Å². The van der Waals surface area contributed by atoms with Gasteiger partial charge in [0.2, 0.25) is 17.6 Å². The summed E-state index contributed by atoms with van der Waals surface area (Å²) in [5, 5.41) is 20.9. The number of Topliss-reactive ketones (excluding diaryl/α,β-unsaturated/α-hetero) is 1. The molecular formula is C27H32FN5O5. The van der Waals surface area contributed by atoms with E-state index in [2.05, 4.69) is 20.5 Å². The molecule has 0 unspecified atom stereocenters. The van der Waals surface area contributed by atoms with Crippen molar-refractivity contribution in [1.29, 1.82) is 0 Å². The number of amides is 2. The SMILES string of the molecule is CCCC[C@@H](C(=O)C(=O)Nc1ccccn1)N(C(=O)O)[C@H](Cc1nnc(-c2ccc(F)cc2)o1)C(C)(C)C. The van der Waals surface area contributed by atoms with E-state index in [0.29, 0.717) is 18.4 Å². The lowest BCUT2D eigenvalue weighted by Crippen LogP contribution is -2.57. The molecule has 0 saturated carbocycles. The number of hydrogen-bond donors (Lipinski definition) is 2. The summed E-state index contributed by atoms with van der Waals surface area (Å²) in [4.78, 5) is 43.9. The van der Waals surface area contributed by atoms with E-state index >= 15 is 0 Å². The van der Waals surface area contributed by atoms with Gasteiger partial charge < -0.3 is 14.8 Å². The van der Waals surface area contributed by atoms with E-state index in [4.69, 9.17) is 4.42 Å². The van der Waals surface area contributed by atoms with Crippen molar-refractivity contribution in [2.24, 2.45) is 5.41 Å². The molecule has 2 aromatic heterocycles. The van der Waals surface area contributed by atoms with Crippen LogP contribution in [0.4, 0.5) is 15.0 Å². The number of halogens is 1. The molecule has 2 atom stereocenters. The van der Waals surface area contributed by atoms with E-state index in [1.807, 2.05) is 27.7 Å². The summed E-state index contributed by atoms with van der Waals surface area (Å²) in [5.41, 5.74) is -0.166. The van der Waals surface area contributed by atoms with Crippen LogP contribution in [-0.2, 0) is 16.0 Å². The Bertz CT molecular complexity index is 1240. The molecule has 0 aliphatic heterocycles. The van der Waals surface area contributed by atoms with E-state index in [1.165, 1.54) is 36.5 Å². The molecule has 3 aromatic rings. The van der Waals surface area contributed by atoms with Crippen molar-refractivity contribution in [3.63, 3.8) is 0 Å². The lowest BCUT2D eigenvalue weighted by atomic mass is 9.82. The summed E-state index contributed by atoms with van der Waals surface area (Å²) >= 11 is 0. The van der Waals surface area contributed by atoms with E-state index in [-0.39, 0.29) is 30.4 Å². The van der Waals surface area contributed by atoms with Crippen LogP contribution in [-0.4, -0.2) is 55.1 Å². The smallest absolute Gasteiger partial charge is 0.408 e. The second-order valence-corrected chi connectivity index (χ2v) is 9.98. The molecule has 1 aromatic carbocycles. The first-order chi connectivity index (χ1) is 18.0. The number of carbonyl (C=O) groups is 3. The quantitative estimate of drug-likeness (QED) is 0.335. The number of anilines is 1. The molecule has 0 fully saturated rings. The molecule has 0 spiro atoms. The van der Waals surface area contributed by atoms with E-state index in [1.54, 1.807) is 12.1 Å². The molecule has 2 heterocycles. The van der Waals surface area contributed by atoms with Crippen LogP contribution in [0, 0.1) is 11.2 Å². The van der Waals surface area contributed by atoms with Crippen molar-refractivity contribution in [1.82, 2.24) is 20.1 Å². The van der Waals surface area contributed by atoms with Gasteiger partial charge in [-0.3, -0.25) is 14.5 Å². The van der Waals surface area contributed by atoms with Crippen LogP contribution in [0.15, 0.2) is 53.1 Å². The number of hydrogen-bond acceptors (Lipinski definition) is 7. The van der Waals surface area contributed by atoms with Crippen LogP contribution in [0.5, 0.6) is 0 Å². The van der Waals surface area contributed by atoms with E-state index < -0.39 is 41.1 Å². The van der Waals surface area contributed by atoms with Crippen LogP contribution >= 0.6 is 0 Å². The van der Waals surface area contributed by atoms with Gasteiger partial charge in [-0.05, 0) is 48.2 Å². The van der Waals surface area contributed by atoms with Gasteiger partial charge in [-0.15, -0.1) is 10.2 Å². The number of nitrogens with one attached hydrogen (secondary N) is 1. The Kier molecular flexibility index (Phi) is 9.27. The normalized spacial score (nSPS) is 13.0. The predicted octanol–water partition coefficient (Wildman–Crippen LogP) is 4.97. The number of nitrogens with zero attached hydrogens (tertiary/aromatic N) is 4. The van der Waals surface area contributed by atoms with Crippen molar-refractivity contribution >= 4 is 23.6 Å². The monoisotopic (exact) mass is 525 g/mol. The Hall–Kier alpha value is -4.15. The maximum atomic E-state index is 13.4. The Labute approximate surface area is 220 Å². The fraction of sp³-hybridized carbons (Fsp3) is 0.407. The number of carboxylic acid groups (broad SMARTS) is 1. The summed E-state index contributed by atoms with van der Waals surface area (Å²) in [7, 11) is 0. The van der Waals surface area contributed by atoms with Crippen LogP contribution < -0.4 is 5.32 Å². The van der Waals surface area contributed by atoms with E-state index in [9.17, 15) is 23.9 Å². The van der Waals surface area contributed by atoms with Gasteiger partial charge in [-0.1, -0.05) is 46.6 Å². The fourth-order valence-corrected chi connectivity index (χ4v) is 4.08. The van der Waals surface area contributed by atoms with Gasteiger partial charge in [0.15, 0.2) is 0 Å². The molecule has 0 aliphatic rings. The average molecular weight is 526 g/mol. The van der Waals surface area contributed by atoms with Gasteiger partial charge in [0, 0.05) is 24.2 Å². The third-order valence-electron chi connectivity index (χ3n) is 6.08. The lowest BCUT2D eigenvalue weighted by Gasteiger charge is -2.41. The van der Waals surface area contributed by atoms with Gasteiger partial charge >= 0.3 is 6.09 Å². The number of ketones is 1. The maximum absolute atomic E-state index is 13.4. The number of unbranched alkanes of at least 4 members (excludes halogenated alkanes) is 1. The standard InChI is InChI=1S/C27H32FN5O5/c1-5-6-9-19(23(34)24(35)30-21-10-7-8-15-29-21)33(26(36)37)20(27(2,3)4)16-22-31-32-25(38-22)17-11-13-18(28)14-12-17/h7-8,10-15,19-20H,5-6,9,16H2,1-4H3,(H,36,37)(H,29,30,35)/t19-,20+/m0/s1. The predicted molar refractivity (Wildman–Crippen MR) is 138 cm³/mol. The second kappa shape index (κ2) is 12.4. The Morgan fingerprint density at radius 2 is 1.82 bits per heavy atom. The molecule has 202 valence electrons. The first-order valence-corrected chi connectivity index (χ1v) is 12.4. The van der Waals surface area contributed by atoms with Crippen molar-refractivity contribution in [3.8, 4) is 11.5 Å². The molecule has 0 aliphatic carbocycles. The molecule has 2 N–H and O–H groups in total. The second-order valence-electron chi connectivity index (χ2n) is 9.98. The molecule has 38 heavy (non-hydrogen) atoms. The summed E-state index contributed by atoms with van der Waals surface area (Å²) in [6.45, 7) is 7.41. The van der Waals surface area contributed by atoms with Crippen LogP contribution in [0.1, 0.15) is 52.8 Å². The minimum atomic E-state index is -1.34. The van der Waals surface area contributed by atoms with Crippen molar-refractivity contribution in [2.45, 2.75) is 65.5 Å². The van der Waals surface area contributed by atoms with Crippen LogP contribution in [0.2, 0.25) is 0 Å². The van der Waals surface area contributed by atoms with Crippen molar-refractivity contribution in [2.75, 3.05) is 5.32 Å². The summed E-state index contributed by atoms with van der Waals surface area (Å²) < 4.78 is 19.1. The lowest BCUT2D eigenvalue weighted by molar-refractivity contribution is -0.139. The van der Waals surface area contributed by atoms with Gasteiger partial charge in [0.05, 0.1) is 0 Å². The Morgan fingerprint density at radius 3 is 2.39 bits per heavy atom. The van der Waals surface area contributed by atoms with Crippen molar-refractivity contribution < 1.29 is 28.3 Å². The number of carbonyl (C=O) groups excluding carboxylic acids is 2. The highest BCUT2D eigenvalue weighted by molar-refractivity contribution is 6.42. The molecule has 0 saturated heterocycles. The highest BCUT2D eigenvalue weighted by Crippen LogP contribution is 2.31. The fourth-order valence-electron chi connectivity index (χ4n) is 4.08. The third-order valence-corrected chi connectivity index (χ3v) is 6.08. The molecule has 11 heteroatoms. The topological polar surface area (TPSA) is 139 Å².